The third-order valence-corrected chi connectivity index (χ3v) is 5.74. The number of piperidine rings is 1. The molecule has 0 aromatic heterocycles. The van der Waals surface area contributed by atoms with E-state index in [4.69, 9.17) is 0 Å². The van der Waals surface area contributed by atoms with E-state index in [-0.39, 0.29) is 29.9 Å². The van der Waals surface area contributed by atoms with E-state index in [0.29, 0.717) is 38.8 Å². The highest BCUT2D eigenvalue weighted by molar-refractivity contribution is 6.23. The Kier molecular flexibility index (Phi) is 5.53. The van der Waals surface area contributed by atoms with Gasteiger partial charge < -0.3 is 5.32 Å². The van der Waals surface area contributed by atoms with Gasteiger partial charge in [0, 0.05) is 25.9 Å². The Balaban J connectivity index is 1.36. The maximum absolute atomic E-state index is 12.8. The molecule has 2 saturated heterocycles. The molecule has 10 heteroatoms. The highest BCUT2D eigenvalue weighted by atomic mass is 16.2. The normalized spacial score (nSPS) is 20.9. The number of imide groups is 3. The number of fused-ring (bicyclic) bond motifs is 1. The van der Waals surface area contributed by atoms with Crippen LogP contribution in [0.2, 0.25) is 0 Å². The lowest BCUT2D eigenvalue weighted by Gasteiger charge is -2.27. The average Bonchev–Trinajstić information content (AvgIpc) is 3.27. The molecule has 162 valence electrons. The number of nitrogens with zero attached hydrogens (tertiary/aromatic N) is 2. The molecule has 1 atom stereocenters. The van der Waals surface area contributed by atoms with E-state index >= 15 is 0 Å². The summed E-state index contributed by atoms with van der Waals surface area (Å²) < 4.78 is 0. The number of amides is 7. The largest absolute Gasteiger partial charge is 0.338 e. The summed E-state index contributed by atoms with van der Waals surface area (Å²) in [5.74, 6) is -2.31. The van der Waals surface area contributed by atoms with Crippen molar-refractivity contribution < 1.29 is 28.8 Å². The van der Waals surface area contributed by atoms with E-state index in [1.807, 2.05) is 0 Å². The second kappa shape index (κ2) is 8.29. The Bertz CT molecular complexity index is 1000. The van der Waals surface area contributed by atoms with Crippen LogP contribution in [0.5, 0.6) is 0 Å². The minimum absolute atomic E-state index is 0.0732. The fourth-order valence-corrected chi connectivity index (χ4v) is 4.12. The van der Waals surface area contributed by atoms with E-state index in [1.54, 1.807) is 18.2 Å². The first-order valence-corrected chi connectivity index (χ1v) is 10.3. The van der Waals surface area contributed by atoms with Crippen molar-refractivity contribution in [3.8, 4) is 0 Å². The van der Waals surface area contributed by atoms with E-state index in [0.717, 1.165) is 10.5 Å². The number of hydrogen-bond acceptors (Lipinski definition) is 6. The number of carbonyl (C=O) groups excluding carboxylic acids is 6. The van der Waals surface area contributed by atoms with Gasteiger partial charge in [0.2, 0.25) is 17.7 Å². The fourth-order valence-electron chi connectivity index (χ4n) is 4.12. The van der Waals surface area contributed by atoms with Crippen molar-refractivity contribution in [2.24, 2.45) is 0 Å². The van der Waals surface area contributed by atoms with Crippen molar-refractivity contribution in [3.63, 3.8) is 0 Å². The first-order valence-electron chi connectivity index (χ1n) is 10.3. The summed E-state index contributed by atoms with van der Waals surface area (Å²) in [6.07, 6.45) is 2.41. The molecule has 0 bridgehead atoms. The molecule has 4 rings (SSSR count). The van der Waals surface area contributed by atoms with Crippen LogP contribution >= 0.6 is 0 Å². The van der Waals surface area contributed by atoms with Crippen LogP contribution in [0.4, 0.5) is 4.79 Å². The first kappa shape index (κ1) is 20.7. The number of rotatable bonds is 5. The second-order valence-electron chi connectivity index (χ2n) is 7.81. The van der Waals surface area contributed by atoms with E-state index in [1.165, 1.54) is 4.90 Å². The third-order valence-electron chi connectivity index (χ3n) is 5.74. The molecule has 7 amide bonds. The molecule has 3 heterocycles. The van der Waals surface area contributed by atoms with E-state index < -0.39 is 35.7 Å². The van der Waals surface area contributed by atoms with Crippen LogP contribution in [0, 0.1) is 0 Å². The van der Waals surface area contributed by atoms with Gasteiger partial charge in [0.1, 0.15) is 6.04 Å². The van der Waals surface area contributed by atoms with E-state index in [9.17, 15) is 28.8 Å². The van der Waals surface area contributed by atoms with Gasteiger partial charge in [0.15, 0.2) is 0 Å². The Morgan fingerprint density at radius 3 is 2.55 bits per heavy atom. The number of hydrogen-bond donors (Lipinski definition) is 2. The van der Waals surface area contributed by atoms with Crippen LogP contribution in [0.1, 0.15) is 58.4 Å². The molecule has 0 radical (unpaired) electrons. The summed E-state index contributed by atoms with van der Waals surface area (Å²) in [5, 5.41) is 4.89. The monoisotopic (exact) mass is 426 g/mol. The van der Waals surface area contributed by atoms with Gasteiger partial charge in [0.25, 0.3) is 11.8 Å². The highest BCUT2D eigenvalue weighted by Crippen LogP contribution is 2.28. The molecule has 2 N–H and O–H groups in total. The number of urea groups is 1. The Morgan fingerprint density at radius 2 is 1.84 bits per heavy atom. The molecule has 1 unspecified atom stereocenters. The average molecular weight is 426 g/mol. The smallest absolute Gasteiger partial charge is 0.324 e. The molecular formula is C21H22N4O6. The van der Waals surface area contributed by atoms with Gasteiger partial charge in [-0.05, 0) is 43.4 Å². The van der Waals surface area contributed by atoms with Crippen LogP contribution in [0.25, 0.3) is 0 Å². The van der Waals surface area contributed by atoms with Gasteiger partial charge in [-0.1, -0.05) is 6.07 Å². The van der Waals surface area contributed by atoms with Crippen molar-refractivity contribution in [2.45, 2.75) is 44.6 Å². The van der Waals surface area contributed by atoms with Gasteiger partial charge in [-0.2, -0.15) is 0 Å². The van der Waals surface area contributed by atoms with Crippen LogP contribution in [-0.2, 0) is 20.8 Å². The van der Waals surface area contributed by atoms with Gasteiger partial charge in [-0.3, -0.25) is 39.1 Å². The van der Waals surface area contributed by atoms with Crippen molar-refractivity contribution in [3.05, 3.63) is 34.9 Å². The summed E-state index contributed by atoms with van der Waals surface area (Å²) in [5.41, 5.74) is 1.29. The SMILES string of the molecule is O=C1CCC(N2C(=O)c3ccc(CCCNC(=O)N4CCCC4=O)cc3C2=O)C(=O)N1. The Morgan fingerprint density at radius 1 is 1.06 bits per heavy atom. The molecule has 0 saturated carbocycles. The zero-order valence-electron chi connectivity index (χ0n) is 16.8. The predicted octanol–water partition coefficient (Wildman–Crippen LogP) is 0.352. The molecular weight excluding hydrogens is 404 g/mol. The second-order valence-corrected chi connectivity index (χ2v) is 7.81. The lowest BCUT2D eigenvalue weighted by molar-refractivity contribution is -0.136. The highest BCUT2D eigenvalue weighted by Gasteiger charge is 2.44. The molecule has 10 nitrogen and oxygen atoms in total. The van der Waals surface area contributed by atoms with Gasteiger partial charge in [-0.25, -0.2) is 4.79 Å². The molecule has 3 aliphatic rings. The number of likely N-dealkylation sites (tertiary alicyclic amines) is 1. The summed E-state index contributed by atoms with van der Waals surface area (Å²) in [4.78, 5) is 74.7. The number of carbonyl (C=O) groups is 6. The molecule has 31 heavy (non-hydrogen) atoms. The molecule has 0 spiro atoms. The predicted molar refractivity (Wildman–Crippen MR) is 106 cm³/mol. The summed E-state index contributed by atoms with van der Waals surface area (Å²) in [6.45, 7) is 0.810. The molecule has 2 fully saturated rings. The van der Waals surface area contributed by atoms with Gasteiger partial charge in [0.05, 0.1) is 11.1 Å². The zero-order valence-corrected chi connectivity index (χ0v) is 16.8. The number of nitrogens with one attached hydrogen (secondary N) is 2. The summed E-state index contributed by atoms with van der Waals surface area (Å²) >= 11 is 0. The maximum atomic E-state index is 12.8. The third kappa shape index (κ3) is 3.92. The summed E-state index contributed by atoms with van der Waals surface area (Å²) in [7, 11) is 0. The first-order chi connectivity index (χ1) is 14.9. The Labute approximate surface area is 177 Å². The van der Waals surface area contributed by atoms with Crippen LogP contribution in [0.15, 0.2) is 18.2 Å². The van der Waals surface area contributed by atoms with Crippen LogP contribution in [-0.4, -0.2) is 64.5 Å². The van der Waals surface area contributed by atoms with Crippen molar-refractivity contribution in [1.29, 1.82) is 0 Å². The minimum atomic E-state index is -0.989. The molecule has 1 aromatic carbocycles. The minimum Gasteiger partial charge on any atom is -0.338 e. The van der Waals surface area contributed by atoms with Crippen molar-refractivity contribution in [2.75, 3.05) is 13.1 Å². The van der Waals surface area contributed by atoms with Crippen LogP contribution in [0.3, 0.4) is 0 Å². The summed E-state index contributed by atoms with van der Waals surface area (Å²) in [6, 6.07) is 3.56. The van der Waals surface area contributed by atoms with E-state index in [2.05, 4.69) is 10.6 Å². The lowest BCUT2D eigenvalue weighted by atomic mass is 10.0. The molecule has 1 aromatic rings. The maximum Gasteiger partial charge on any atom is 0.324 e. The quantitative estimate of drug-likeness (QED) is 0.516. The van der Waals surface area contributed by atoms with Crippen LogP contribution < -0.4 is 10.6 Å². The van der Waals surface area contributed by atoms with Gasteiger partial charge in [-0.15, -0.1) is 0 Å². The zero-order chi connectivity index (χ0) is 22.1. The topological polar surface area (TPSA) is 133 Å². The number of benzene rings is 1. The standard InChI is InChI=1S/C21H22N4O6/c26-16-8-7-15(18(28)23-16)25-19(29)13-6-5-12(11-14(13)20(25)30)3-1-9-22-21(31)24-10-2-4-17(24)27/h5-6,11,15H,1-4,7-10H2,(H,22,31)(H,23,26,28). The lowest BCUT2D eigenvalue weighted by Crippen LogP contribution is -2.54. The Hall–Kier alpha value is -3.56. The fraction of sp³-hybridized carbons (Fsp3) is 0.429. The molecule has 3 aliphatic heterocycles. The van der Waals surface area contributed by atoms with Gasteiger partial charge >= 0.3 is 6.03 Å². The molecule has 0 aliphatic carbocycles. The van der Waals surface area contributed by atoms with Crippen molar-refractivity contribution >= 4 is 35.6 Å². The van der Waals surface area contributed by atoms with Crippen molar-refractivity contribution in [1.82, 2.24) is 20.4 Å². The number of aryl methyl sites for hydroxylation is 1.